The smallest absolute Gasteiger partial charge is 0.281 e. The molecule has 6 heteroatoms. The van der Waals surface area contributed by atoms with Crippen molar-refractivity contribution in [2.45, 2.75) is 13.2 Å². The summed E-state index contributed by atoms with van der Waals surface area (Å²) in [7, 11) is 0. The Morgan fingerprint density at radius 3 is 2.91 bits per heavy atom. The average Bonchev–Trinajstić information content (AvgIpc) is 2.87. The molecule has 2 aromatic carbocycles. The van der Waals surface area contributed by atoms with Crippen LogP contribution in [0.5, 0.6) is 5.75 Å². The molecular formula is C17H14N2O4. The van der Waals surface area contributed by atoms with E-state index in [1.54, 1.807) is 11.0 Å². The highest BCUT2D eigenvalue weighted by Crippen LogP contribution is 2.34. The number of hydrogen-bond acceptors (Lipinski definition) is 5. The molecule has 0 fully saturated rings. The molecule has 6 nitrogen and oxygen atoms in total. The summed E-state index contributed by atoms with van der Waals surface area (Å²) >= 11 is 0. The van der Waals surface area contributed by atoms with Crippen molar-refractivity contribution in [2.24, 2.45) is 5.16 Å². The minimum Gasteiger partial charge on any atom is -0.467 e. The first-order valence-electron chi connectivity index (χ1n) is 7.24. The first-order valence-corrected chi connectivity index (χ1v) is 7.24. The summed E-state index contributed by atoms with van der Waals surface area (Å²) < 4.78 is 10.9. The van der Waals surface area contributed by atoms with E-state index >= 15 is 0 Å². The third-order valence-electron chi connectivity index (χ3n) is 4.05. The number of carbonyl (C=O) groups excluding carboxylic acids is 1. The van der Waals surface area contributed by atoms with Crippen molar-refractivity contribution in [3.05, 3.63) is 59.2 Å². The molecule has 2 aromatic rings. The molecule has 0 aromatic heterocycles. The third kappa shape index (κ3) is 2.15. The van der Waals surface area contributed by atoms with Gasteiger partial charge in [0.15, 0.2) is 12.5 Å². The van der Waals surface area contributed by atoms with Crippen LogP contribution in [0.2, 0.25) is 0 Å². The summed E-state index contributed by atoms with van der Waals surface area (Å²) in [5.74, 6) is 0.441. The lowest BCUT2D eigenvalue weighted by atomic mass is 10.1. The summed E-state index contributed by atoms with van der Waals surface area (Å²) in [6.45, 7) is 1.05. The Balaban J connectivity index is 1.74. The largest absolute Gasteiger partial charge is 0.467 e. The predicted octanol–water partition coefficient (Wildman–Crippen LogP) is 2.28. The molecule has 0 bridgehead atoms. The maximum absolute atomic E-state index is 12.5. The predicted molar refractivity (Wildman–Crippen MR) is 82.7 cm³/mol. The summed E-state index contributed by atoms with van der Waals surface area (Å²) in [6.07, 6.45) is 0. The van der Waals surface area contributed by atoms with E-state index < -0.39 is 0 Å². The number of ether oxygens (including phenoxy) is 2. The molecule has 116 valence electrons. The van der Waals surface area contributed by atoms with Crippen LogP contribution in [-0.2, 0) is 22.7 Å². The minimum absolute atomic E-state index is 0.0645. The summed E-state index contributed by atoms with van der Waals surface area (Å²) in [5.41, 5.74) is 3.29. The molecule has 2 aliphatic heterocycles. The zero-order chi connectivity index (χ0) is 15.8. The van der Waals surface area contributed by atoms with Crippen molar-refractivity contribution in [2.75, 3.05) is 11.7 Å². The molecule has 2 heterocycles. The van der Waals surface area contributed by atoms with Gasteiger partial charge in [-0.15, -0.1) is 0 Å². The molecule has 1 N–H and O–H groups in total. The molecule has 0 spiro atoms. The van der Waals surface area contributed by atoms with Crippen molar-refractivity contribution in [1.82, 2.24) is 0 Å². The van der Waals surface area contributed by atoms with Gasteiger partial charge in [-0.1, -0.05) is 41.6 Å². The Labute approximate surface area is 132 Å². The van der Waals surface area contributed by atoms with E-state index in [1.807, 2.05) is 36.4 Å². The van der Waals surface area contributed by atoms with E-state index in [-0.39, 0.29) is 18.4 Å². The molecule has 2 aliphatic rings. The average molecular weight is 310 g/mol. The van der Waals surface area contributed by atoms with Crippen LogP contribution in [0, 0.1) is 0 Å². The second-order valence-corrected chi connectivity index (χ2v) is 5.37. The van der Waals surface area contributed by atoms with Gasteiger partial charge < -0.3 is 19.6 Å². The van der Waals surface area contributed by atoms with E-state index in [4.69, 9.17) is 14.7 Å². The summed E-state index contributed by atoms with van der Waals surface area (Å²) in [6, 6.07) is 13.1. The fourth-order valence-corrected chi connectivity index (χ4v) is 3.00. The van der Waals surface area contributed by atoms with Crippen LogP contribution in [0.4, 0.5) is 5.69 Å². The number of fused-ring (bicyclic) bond motifs is 2. The molecular weight excluding hydrogens is 296 g/mol. The first kappa shape index (κ1) is 13.8. The number of nitrogens with zero attached hydrogens (tertiary/aromatic N) is 2. The van der Waals surface area contributed by atoms with E-state index in [1.165, 1.54) is 0 Å². The second-order valence-electron chi connectivity index (χ2n) is 5.37. The molecule has 0 radical (unpaired) electrons. The van der Waals surface area contributed by atoms with Gasteiger partial charge in [0.05, 0.1) is 18.8 Å². The van der Waals surface area contributed by atoms with Gasteiger partial charge in [-0.05, 0) is 6.07 Å². The van der Waals surface area contributed by atoms with E-state index in [0.29, 0.717) is 18.7 Å². The van der Waals surface area contributed by atoms with Gasteiger partial charge >= 0.3 is 0 Å². The van der Waals surface area contributed by atoms with Crippen LogP contribution < -0.4 is 9.64 Å². The molecule has 1 amide bonds. The van der Waals surface area contributed by atoms with E-state index in [2.05, 4.69) is 5.16 Å². The van der Waals surface area contributed by atoms with Gasteiger partial charge in [0, 0.05) is 16.7 Å². The number of anilines is 1. The summed E-state index contributed by atoms with van der Waals surface area (Å²) in [4.78, 5) is 14.1. The zero-order valence-electron chi connectivity index (χ0n) is 12.2. The van der Waals surface area contributed by atoms with E-state index in [0.717, 1.165) is 22.6 Å². The quantitative estimate of drug-likeness (QED) is 0.682. The molecule has 23 heavy (non-hydrogen) atoms. The first-order chi connectivity index (χ1) is 11.3. The van der Waals surface area contributed by atoms with Crippen molar-refractivity contribution >= 4 is 17.3 Å². The Morgan fingerprint density at radius 1 is 1.17 bits per heavy atom. The Kier molecular flexibility index (Phi) is 3.24. The van der Waals surface area contributed by atoms with Crippen LogP contribution in [0.1, 0.15) is 16.7 Å². The lowest BCUT2D eigenvalue weighted by Gasteiger charge is -2.23. The van der Waals surface area contributed by atoms with Gasteiger partial charge in [-0.3, -0.25) is 4.79 Å². The van der Waals surface area contributed by atoms with Crippen molar-refractivity contribution < 1.29 is 19.5 Å². The van der Waals surface area contributed by atoms with Crippen molar-refractivity contribution in [3.8, 4) is 5.75 Å². The van der Waals surface area contributed by atoms with Crippen LogP contribution in [0.15, 0.2) is 47.6 Å². The van der Waals surface area contributed by atoms with E-state index in [9.17, 15) is 4.79 Å². The van der Waals surface area contributed by atoms with Crippen LogP contribution in [0.3, 0.4) is 0 Å². The maximum Gasteiger partial charge on any atom is 0.281 e. The minimum atomic E-state index is -0.321. The maximum atomic E-state index is 12.5. The molecule has 0 saturated heterocycles. The number of benzene rings is 2. The van der Waals surface area contributed by atoms with Gasteiger partial charge in [-0.25, -0.2) is 0 Å². The zero-order valence-corrected chi connectivity index (χ0v) is 12.2. The van der Waals surface area contributed by atoms with Crippen molar-refractivity contribution in [3.63, 3.8) is 0 Å². The summed E-state index contributed by atoms with van der Waals surface area (Å²) in [5, 5.41) is 12.3. The molecule has 0 unspecified atom stereocenters. The number of oxime groups is 1. The Morgan fingerprint density at radius 2 is 2.04 bits per heavy atom. The van der Waals surface area contributed by atoms with Gasteiger partial charge in [0.2, 0.25) is 0 Å². The van der Waals surface area contributed by atoms with Crippen LogP contribution >= 0.6 is 0 Å². The number of amides is 1. The highest BCUT2D eigenvalue weighted by Gasteiger charge is 2.35. The number of rotatable bonds is 2. The monoisotopic (exact) mass is 310 g/mol. The lowest BCUT2D eigenvalue weighted by Crippen LogP contribution is -2.30. The molecule has 4 rings (SSSR count). The molecule has 0 saturated carbocycles. The third-order valence-corrected chi connectivity index (χ3v) is 4.05. The van der Waals surface area contributed by atoms with Crippen LogP contribution in [0.25, 0.3) is 0 Å². The number of hydrogen-bond donors (Lipinski definition) is 1. The topological polar surface area (TPSA) is 71.4 Å². The standard InChI is InChI=1S/C17H14N2O4/c20-17-15(18-21)13-6-1-2-7-14(13)19(17)8-11-4-3-5-12-9-22-10-23-16(11)12/h1-7,21H,8-10H2/b18-15-. The van der Waals surface area contributed by atoms with Crippen molar-refractivity contribution in [1.29, 1.82) is 0 Å². The Bertz CT molecular complexity index is 816. The second kappa shape index (κ2) is 5.40. The number of para-hydroxylation sites is 2. The highest BCUT2D eigenvalue weighted by molar-refractivity contribution is 6.54. The lowest BCUT2D eigenvalue weighted by molar-refractivity contribution is -0.112. The van der Waals surface area contributed by atoms with Crippen LogP contribution in [-0.4, -0.2) is 23.6 Å². The normalized spacial score (nSPS) is 17.8. The van der Waals surface area contributed by atoms with Gasteiger partial charge in [0.25, 0.3) is 5.91 Å². The highest BCUT2D eigenvalue weighted by atomic mass is 16.7. The van der Waals surface area contributed by atoms with Gasteiger partial charge in [-0.2, -0.15) is 0 Å². The fraction of sp³-hybridized carbons (Fsp3) is 0.176. The SMILES string of the molecule is O=C1/C(=N\O)c2ccccc2N1Cc1cccc2c1OCOC2. The molecule has 0 aliphatic carbocycles. The Hall–Kier alpha value is -2.86. The van der Waals surface area contributed by atoms with Gasteiger partial charge in [0.1, 0.15) is 5.75 Å². The fourth-order valence-electron chi connectivity index (χ4n) is 3.00. The number of carbonyl (C=O) groups is 1. The molecule has 0 atom stereocenters.